The maximum Gasteiger partial charge on any atom is 0.162 e. The lowest BCUT2D eigenvalue weighted by Crippen LogP contribution is -2.33. The van der Waals surface area contributed by atoms with E-state index in [1.165, 1.54) is 6.07 Å². The van der Waals surface area contributed by atoms with Gasteiger partial charge in [0.15, 0.2) is 11.6 Å². The predicted octanol–water partition coefficient (Wildman–Crippen LogP) is 5.23. The van der Waals surface area contributed by atoms with E-state index in [4.69, 9.17) is 23.2 Å². The van der Waals surface area contributed by atoms with Crippen LogP contribution in [0, 0.1) is 18.6 Å². The second-order valence-electron chi connectivity index (χ2n) is 5.31. The van der Waals surface area contributed by atoms with E-state index in [9.17, 15) is 8.78 Å². The van der Waals surface area contributed by atoms with E-state index < -0.39 is 17.0 Å². The van der Waals surface area contributed by atoms with Gasteiger partial charge in [0.25, 0.3) is 0 Å². The van der Waals surface area contributed by atoms with Crippen LogP contribution in [-0.4, -0.2) is 11.8 Å². The van der Waals surface area contributed by atoms with Crippen LogP contribution in [0.4, 0.5) is 8.78 Å². The van der Waals surface area contributed by atoms with Gasteiger partial charge >= 0.3 is 0 Å². The molecule has 0 saturated heterocycles. The molecule has 112 valence electrons. The van der Waals surface area contributed by atoms with Crippen LogP contribution >= 0.6 is 23.2 Å². The summed E-state index contributed by atoms with van der Waals surface area (Å²) in [4.78, 5) is 0. The molecular formula is C17H16Cl2F2. The zero-order valence-corrected chi connectivity index (χ0v) is 13.2. The molecule has 0 amide bonds. The summed E-state index contributed by atoms with van der Waals surface area (Å²) >= 11 is 12.3. The van der Waals surface area contributed by atoms with Gasteiger partial charge < -0.3 is 0 Å². The summed E-state index contributed by atoms with van der Waals surface area (Å²) < 4.78 is 27.3. The lowest BCUT2D eigenvalue weighted by atomic mass is 9.78. The van der Waals surface area contributed by atoms with Crippen LogP contribution in [0.2, 0.25) is 0 Å². The lowest BCUT2D eigenvalue weighted by molar-refractivity contribution is 0.472. The number of halogens is 4. The van der Waals surface area contributed by atoms with Crippen LogP contribution in [0.1, 0.15) is 16.7 Å². The van der Waals surface area contributed by atoms with E-state index in [2.05, 4.69) is 0 Å². The fraction of sp³-hybridized carbons (Fsp3) is 0.294. The highest BCUT2D eigenvalue weighted by Gasteiger charge is 2.32. The Hall–Kier alpha value is -1.12. The Morgan fingerprint density at radius 2 is 1.67 bits per heavy atom. The van der Waals surface area contributed by atoms with Gasteiger partial charge in [-0.05, 0) is 30.5 Å². The van der Waals surface area contributed by atoms with Crippen LogP contribution in [0.15, 0.2) is 42.5 Å². The van der Waals surface area contributed by atoms with Gasteiger partial charge in [0.2, 0.25) is 0 Å². The highest BCUT2D eigenvalue weighted by Crippen LogP contribution is 2.33. The summed E-state index contributed by atoms with van der Waals surface area (Å²) in [6.45, 7) is 1.97. The van der Waals surface area contributed by atoms with Crippen LogP contribution in [0.25, 0.3) is 0 Å². The van der Waals surface area contributed by atoms with Crippen molar-refractivity contribution in [3.63, 3.8) is 0 Å². The quantitative estimate of drug-likeness (QED) is 0.659. The van der Waals surface area contributed by atoms with E-state index in [0.717, 1.165) is 17.2 Å². The van der Waals surface area contributed by atoms with Gasteiger partial charge in [-0.25, -0.2) is 8.78 Å². The highest BCUT2D eigenvalue weighted by atomic mass is 35.5. The van der Waals surface area contributed by atoms with Crippen molar-refractivity contribution in [3.05, 3.63) is 70.8 Å². The zero-order valence-electron chi connectivity index (χ0n) is 11.7. The molecule has 0 fully saturated rings. The fourth-order valence-corrected chi connectivity index (χ4v) is 3.19. The Morgan fingerprint density at radius 1 is 1.00 bits per heavy atom. The molecule has 0 aliphatic heterocycles. The second kappa shape index (κ2) is 6.76. The van der Waals surface area contributed by atoms with Crippen molar-refractivity contribution in [2.45, 2.75) is 18.8 Å². The number of hydrogen-bond donors (Lipinski definition) is 0. The fourth-order valence-electron chi connectivity index (χ4n) is 2.41. The zero-order chi connectivity index (χ0) is 15.5. The van der Waals surface area contributed by atoms with Crippen molar-refractivity contribution in [2.24, 2.45) is 0 Å². The molecule has 2 rings (SSSR count). The Bertz CT molecular complexity index is 622. The SMILES string of the molecule is Cc1cccc(C(CCl)(CCl)Cc2cccc(F)c2F)c1. The molecule has 0 spiro atoms. The normalized spacial score (nSPS) is 11.7. The standard InChI is InChI=1S/C17H16Cl2F2/c1-12-4-2-6-14(8-12)17(10-18,11-19)9-13-5-3-7-15(20)16(13)21/h2-8H,9-11H2,1H3. The van der Waals surface area contributed by atoms with E-state index >= 15 is 0 Å². The monoisotopic (exact) mass is 328 g/mol. The minimum atomic E-state index is -0.852. The number of hydrogen-bond acceptors (Lipinski definition) is 0. The number of rotatable bonds is 5. The Morgan fingerprint density at radius 3 is 2.29 bits per heavy atom. The van der Waals surface area contributed by atoms with Gasteiger partial charge in [0, 0.05) is 17.2 Å². The van der Waals surface area contributed by atoms with E-state index in [1.807, 2.05) is 31.2 Å². The average molecular weight is 329 g/mol. The van der Waals surface area contributed by atoms with E-state index in [1.54, 1.807) is 6.07 Å². The third kappa shape index (κ3) is 3.38. The van der Waals surface area contributed by atoms with Gasteiger partial charge in [-0.3, -0.25) is 0 Å². The molecule has 2 aromatic carbocycles. The third-order valence-corrected chi connectivity index (χ3v) is 4.73. The van der Waals surface area contributed by atoms with Crippen molar-refractivity contribution in [1.29, 1.82) is 0 Å². The number of aryl methyl sites for hydroxylation is 1. The summed E-state index contributed by atoms with van der Waals surface area (Å²) in [6, 6.07) is 12.0. The smallest absolute Gasteiger partial charge is 0.162 e. The van der Waals surface area contributed by atoms with Crippen LogP contribution in [0.5, 0.6) is 0 Å². The molecule has 2 aromatic rings. The molecule has 0 nitrogen and oxygen atoms in total. The van der Waals surface area contributed by atoms with Crippen LogP contribution in [0.3, 0.4) is 0 Å². The summed E-state index contributed by atoms with van der Waals surface area (Å²) in [5.41, 5.74) is 1.69. The molecule has 0 radical (unpaired) electrons. The first-order valence-corrected chi connectivity index (χ1v) is 7.71. The Kier molecular flexibility index (Phi) is 5.23. The summed E-state index contributed by atoms with van der Waals surface area (Å²) in [5.74, 6) is -1.22. The predicted molar refractivity (Wildman–Crippen MR) is 84.4 cm³/mol. The molecule has 0 aliphatic rings. The van der Waals surface area contributed by atoms with Crippen molar-refractivity contribution in [3.8, 4) is 0 Å². The van der Waals surface area contributed by atoms with Gasteiger partial charge in [0.05, 0.1) is 0 Å². The third-order valence-electron chi connectivity index (χ3n) is 3.70. The average Bonchev–Trinajstić information content (AvgIpc) is 2.49. The molecule has 0 saturated carbocycles. The summed E-state index contributed by atoms with van der Waals surface area (Å²) in [5, 5.41) is 0. The molecule has 0 N–H and O–H groups in total. The van der Waals surface area contributed by atoms with Crippen molar-refractivity contribution in [1.82, 2.24) is 0 Å². The Labute approximate surface area is 133 Å². The van der Waals surface area contributed by atoms with Crippen LogP contribution < -0.4 is 0 Å². The van der Waals surface area contributed by atoms with Crippen molar-refractivity contribution in [2.75, 3.05) is 11.8 Å². The van der Waals surface area contributed by atoms with Crippen LogP contribution in [-0.2, 0) is 11.8 Å². The van der Waals surface area contributed by atoms with Gasteiger partial charge in [0.1, 0.15) is 0 Å². The van der Waals surface area contributed by atoms with Gasteiger partial charge in [-0.1, -0.05) is 42.0 Å². The molecule has 0 unspecified atom stereocenters. The minimum absolute atomic E-state index is 0.232. The summed E-state index contributed by atoms with van der Waals surface area (Å²) in [7, 11) is 0. The highest BCUT2D eigenvalue weighted by molar-refractivity contribution is 6.22. The number of alkyl halides is 2. The minimum Gasteiger partial charge on any atom is -0.204 e. The number of benzene rings is 2. The molecular weight excluding hydrogens is 313 g/mol. The van der Waals surface area contributed by atoms with E-state index in [0.29, 0.717) is 0 Å². The maximum atomic E-state index is 13.9. The lowest BCUT2D eigenvalue weighted by Gasteiger charge is -2.31. The largest absolute Gasteiger partial charge is 0.204 e. The molecule has 21 heavy (non-hydrogen) atoms. The maximum absolute atomic E-state index is 13.9. The molecule has 0 atom stereocenters. The molecule has 0 bridgehead atoms. The molecule has 0 aliphatic carbocycles. The van der Waals surface area contributed by atoms with Crippen molar-refractivity contribution < 1.29 is 8.78 Å². The second-order valence-corrected chi connectivity index (χ2v) is 5.84. The van der Waals surface area contributed by atoms with Gasteiger partial charge in [-0.2, -0.15) is 0 Å². The van der Waals surface area contributed by atoms with E-state index in [-0.39, 0.29) is 23.7 Å². The first-order chi connectivity index (χ1) is 10.0. The Balaban J connectivity index is 2.45. The topological polar surface area (TPSA) is 0 Å². The molecule has 0 aromatic heterocycles. The molecule has 4 heteroatoms. The van der Waals surface area contributed by atoms with Crippen molar-refractivity contribution >= 4 is 23.2 Å². The van der Waals surface area contributed by atoms with Gasteiger partial charge in [-0.15, -0.1) is 23.2 Å². The first-order valence-electron chi connectivity index (χ1n) is 6.64. The molecule has 0 heterocycles. The summed E-state index contributed by atoms with van der Waals surface area (Å²) in [6.07, 6.45) is 0.257. The first kappa shape index (κ1) is 16.3.